The number of carbonyl (C=O) groups is 1. The second-order valence-corrected chi connectivity index (χ2v) is 7.57. The third-order valence-electron chi connectivity index (χ3n) is 5.71. The van der Waals surface area contributed by atoms with Crippen LogP contribution in [0.15, 0.2) is 48.2 Å². The number of fused-ring (bicyclic) bond motifs is 2. The highest BCUT2D eigenvalue weighted by Gasteiger charge is 2.40. The van der Waals surface area contributed by atoms with Crippen molar-refractivity contribution in [3.8, 4) is 11.1 Å². The molecule has 128 valence electrons. The molecule has 2 bridgehead atoms. The lowest BCUT2D eigenvalue weighted by Gasteiger charge is -2.24. The van der Waals surface area contributed by atoms with Crippen molar-refractivity contribution in [2.45, 2.75) is 32.6 Å². The zero-order chi connectivity index (χ0) is 17.6. The van der Waals surface area contributed by atoms with Crippen molar-refractivity contribution in [1.29, 1.82) is 0 Å². The number of halogens is 1. The standard InChI is InChI=1S/C22H22ClNO/c1-2-13-11-15(14-5-8-18(23)9-6-14)7-10-19(13)20-21(24)16-3-4-17(12-16)22(20)25/h5-11,16-17H,2-4,12,24H2,1H3/t16-,17+/m1/s1. The molecule has 4 rings (SSSR count). The summed E-state index contributed by atoms with van der Waals surface area (Å²) in [5.74, 6) is 0.812. The van der Waals surface area contributed by atoms with E-state index in [1.807, 2.05) is 24.3 Å². The maximum atomic E-state index is 12.9. The smallest absolute Gasteiger partial charge is 0.168 e. The molecule has 2 nitrogen and oxygen atoms in total. The Balaban J connectivity index is 1.80. The molecule has 0 aliphatic heterocycles. The van der Waals surface area contributed by atoms with Gasteiger partial charge in [-0.25, -0.2) is 0 Å². The molecule has 25 heavy (non-hydrogen) atoms. The maximum absolute atomic E-state index is 12.9. The van der Waals surface area contributed by atoms with Crippen LogP contribution < -0.4 is 5.73 Å². The van der Waals surface area contributed by atoms with E-state index in [1.165, 1.54) is 5.56 Å². The van der Waals surface area contributed by atoms with Gasteiger partial charge in [-0.15, -0.1) is 0 Å². The Morgan fingerprint density at radius 2 is 1.72 bits per heavy atom. The van der Waals surface area contributed by atoms with Crippen LogP contribution in [0, 0.1) is 11.8 Å². The van der Waals surface area contributed by atoms with Gasteiger partial charge in [-0.3, -0.25) is 4.79 Å². The SMILES string of the molecule is CCc1cc(-c2ccc(Cl)cc2)ccc1C1=C(N)[C@@H]2CC[C@@H](C2)C1=O. The number of aryl methyl sites for hydroxylation is 1. The lowest BCUT2D eigenvalue weighted by molar-refractivity contribution is -0.117. The molecule has 2 N–H and O–H groups in total. The Hall–Kier alpha value is -2.06. The van der Waals surface area contributed by atoms with Crippen molar-refractivity contribution in [2.75, 3.05) is 0 Å². The molecule has 1 saturated carbocycles. The number of benzene rings is 2. The van der Waals surface area contributed by atoms with E-state index < -0.39 is 0 Å². The molecule has 0 radical (unpaired) electrons. The molecule has 0 amide bonds. The number of rotatable bonds is 3. The highest BCUT2D eigenvalue weighted by molar-refractivity contribution is 6.30. The van der Waals surface area contributed by atoms with Crippen molar-refractivity contribution in [2.24, 2.45) is 17.6 Å². The molecule has 2 atom stereocenters. The number of Topliss-reactive ketones (excluding diaryl/α,β-unsaturated/α-hetero) is 1. The van der Waals surface area contributed by atoms with Crippen molar-refractivity contribution in [3.05, 3.63) is 64.3 Å². The van der Waals surface area contributed by atoms with Crippen molar-refractivity contribution in [1.82, 2.24) is 0 Å². The van der Waals surface area contributed by atoms with Crippen LogP contribution in [0.4, 0.5) is 0 Å². The lowest BCUT2D eigenvalue weighted by Crippen LogP contribution is -2.25. The van der Waals surface area contributed by atoms with E-state index in [0.717, 1.165) is 58.7 Å². The van der Waals surface area contributed by atoms with Gasteiger partial charge in [-0.05, 0) is 66.0 Å². The number of nitrogens with two attached hydrogens (primary N) is 1. The van der Waals surface area contributed by atoms with Crippen LogP contribution in [-0.4, -0.2) is 5.78 Å². The highest BCUT2D eigenvalue weighted by Crippen LogP contribution is 2.45. The summed E-state index contributed by atoms with van der Waals surface area (Å²) in [5, 5.41) is 0.734. The normalized spacial score (nSPS) is 22.6. The van der Waals surface area contributed by atoms with E-state index >= 15 is 0 Å². The number of hydrogen-bond acceptors (Lipinski definition) is 2. The summed E-state index contributed by atoms with van der Waals surface area (Å²) in [4.78, 5) is 12.9. The molecule has 2 aromatic rings. The Kier molecular flexibility index (Phi) is 4.16. The van der Waals surface area contributed by atoms with Crippen LogP contribution in [0.2, 0.25) is 5.02 Å². The van der Waals surface area contributed by atoms with E-state index in [0.29, 0.717) is 5.92 Å². The molecule has 0 spiro atoms. The van der Waals surface area contributed by atoms with Crippen molar-refractivity contribution < 1.29 is 4.79 Å². The molecule has 0 heterocycles. The maximum Gasteiger partial charge on any atom is 0.168 e. The Labute approximate surface area is 153 Å². The first kappa shape index (κ1) is 16.4. The van der Waals surface area contributed by atoms with Crippen LogP contribution in [-0.2, 0) is 11.2 Å². The summed E-state index contributed by atoms with van der Waals surface area (Å²) in [6.45, 7) is 2.13. The fourth-order valence-corrected chi connectivity index (χ4v) is 4.42. The van der Waals surface area contributed by atoms with Gasteiger partial charge in [0.25, 0.3) is 0 Å². The first-order valence-electron chi connectivity index (χ1n) is 9.01. The predicted octanol–water partition coefficient (Wildman–Crippen LogP) is 5.24. The summed E-state index contributed by atoms with van der Waals surface area (Å²) >= 11 is 5.99. The van der Waals surface area contributed by atoms with Gasteiger partial charge >= 0.3 is 0 Å². The molecule has 2 aliphatic rings. The number of carbonyl (C=O) groups excluding carboxylic acids is 1. The average molecular weight is 352 g/mol. The number of allylic oxidation sites excluding steroid dienone is 2. The predicted molar refractivity (Wildman–Crippen MR) is 103 cm³/mol. The van der Waals surface area contributed by atoms with Crippen molar-refractivity contribution >= 4 is 23.0 Å². The van der Waals surface area contributed by atoms with Crippen LogP contribution in [0.3, 0.4) is 0 Å². The minimum Gasteiger partial charge on any atom is -0.401 e. The first-order chi connectivity index (χ1) is 12.1. The van der Waals surface area contributed by atoms with Gasteiger partial charge in [-0.2, -0.15) is 0 Å². The number of hydrogen-bond donors (Lipinski definition) is 1. The Bertz CT molecular complexity index is 866. The van der Waals surface area contributed by atoms with Crippen molar-refractivity contribution in [3.63, 3.8) is 0 Å². The average Bonchev–Trinajstić information content (AvgIpc) is 3.08. The zero-order valence-electron chi connectivity index (χ0n) is 14.4. The van der Waals surface area contributed by atoms with Gasteiger partial charge in [0.15, 0.2) is 5.78 Å². The zero-order valence-corrected chi connectivity index (χ0v) is 15.1. The summed E-state index contributed by atoms with van der Waals surface area (Å²) < 4.78 is 0. The van der Waals surface area contributed by atoms with E-state index in [2.05, 4.69) is 25.1 Å². The van der Waals surface area contributed by atoms with E-state index in [-0.39, 0.29) is 11.7 Å². The van der Waals surface area contributed by atoms with Gasteiger partial charge in [0.1, 0.15) is 0 Å². The van der Waals surface area contributed by atoms with Crippen LogP contribution in [0.5, 0.6) is 0 Å². The molecular weight excluding hydrogens is 330 g/mol. The van der Waals surface area contributed by atoms with Crippen LogP contribution >= 0.6 is 11.6 Å². The molecule has 2 aromatic carbocycles. The summed E-state index contributed by atoms with van der Waals surface area (Å²) in [7, 11) is 0. The fraction of sp³-hybridized carbons (Fsp3) is 0.318. The molecule has 0 aromatic heterocycles. The summed E-state index contributed by atoms with van der Waals surface area (Å²) in [6, 6.07) is 14.2. The Morgan fingerprint density at radius 1 is 1.04 bits per heavy atom. The molecule has 0 saturated heterocycles. The lowest BCUT2D eigenvalue weighted by atomic mass is 9.80. The van der Waals surface area contributed by atoms with Gasteiger partial charge in [-0.1, -0.05) is 48.9 Å². The molecule has 2 aliphatic carbocycles. The first-order valence-corrected chi connectivity index (χ1v) is 9.39. The van der Waals surface area contributed by atoms with Gasteiger partial charge in [0.05, 0.1) is 0 Å². The topological polar surface area (TPSA) is 43.1 Å². The van der Waals surface area contributed by atoms with Gasteiger partial charge < -0.3 is 5.73 Å². The molecule has 1 fully saturated rings. The third-order valence-corrected chi connectivity index (χ3v) is 5.96. The van der Waals surface area contributed by atoms with Crippen LogP contribution in [0.25, 0.3) is 16.7 Å². The van der Waals surface area contributed by atoms with E-state index in [1.54, 1.807) is 0 Å². The van der Waals surface area contributed by atoms with Gasteiger partial charge in [0, 0.05) is 22.2 Å². The second kappa shape index (κ2) is 6.34. The molecule has 3 heteroatoms. The quantitative estimate of drug-likeness (QED) is 0.821. The minimum absolute atomic E-state index is 0.174. The summed E-state index contributed by atoms with van der Waals surface area (Å²) in [6.07, 6.45) is 3.85. The van der Waals surface area contributed by atoms with E-state index in [9.17, 15) is 4.79 Å². The Morgan fingerprint density at radius 3 is 2.44 bits per heavy atom. The fourth-order valence-electron chi connectivity index (χ4n) is 4.29. The molecular formula is C22H22ClNO. The second-order valence-electron chi connectivity index (χ2n) is 7.13. The van der Waals surface area contributed by atoms with Gasteiger partial charge in [0.2, 0.25) is 0 Å². The number of ketones is 1. The highest BCUT2D eigenvalue weighted by atomic mass is 35.5. The largest absolute Gasteiger partial charge is 0.401 e. The van der Waals surface area contributed by atoms with Crippen LogP contribution in [0.1, 0.15) is 37.3 Å². The van der Waals surface area contributed by atoms with E-state index in [4.69, 9.17) is 17.3 Å². The molecule has 0 unspecified atom stereocenters. The third kappa shape index (κ3) is 2.79. The summed E-state index contributed by atoms with van der Waals surface area (Å²) in [5.41, 5.74) is 12.5. The minimum atomic E-state index is 0.174. The monoisotopic (exact) mass is 351 g/mol.